The molecule has 0 aliphatic carbocycles. The number of hydrogen-bond donors (Lipinski definition) is 0. The molecule has 0 atom stereocenters. The topological polar surface area (TPSA) is 69.7 Å². The number of carbonyl (C=O) groups is 3. The molecule has 13 heavy (non-hydrogen) atoms. The van der Waals surface area contributed by atoms with Crippen LogP contribution in [0.4, 0.5) is 0 Å². The van der Waals surface area contributed by atoms with Gasteiger partial charge < -0.3 is 10.9 Å². The second kappa shape index (κ2) is 8.58. The third-order valence-corrected chi connectivity index (χ3v) is 0.897. The van der Waals surface area contributed by atoms with Crippen molar-refractivity contribution >= 4 is 17.9 Å². The molecule has 0 aromatic heterocycles. The molecule has 0 heterocycles. The van der Waals surface area contributed by atoms with Crippen LogP contribution < -0.4 is 51.4 Å². The van der Waals surface area contributed by atoms with Crippen molar-refractivity contribution in [2.24, 2.45) is 0 Å². The van der Waals surface area contributed by atoms with E-state index in [1.165, 1.54) is 0 Å². The van der Waals surface area contributed by atoms with E-state index >= 15 is 0 Å². The van der Waals surface area contributed by atoms with Gasteiger partial charge in [0.15, 0.2) is 0 Å². The van der Waals surface area contributed by atoms with Crippen molar-refractivity contribution in [3.05, 3.63) is 12.7 Å². The molecule has 0 aromatic carbocycles. The molecule has 0 spiro atoms. The van der Waals surface area contributed by atoms with Crippen LogP contribution in [0.1, 0.15) is 7.85 Å². The van der Waals surface area contributed by atoms with E-state index in [0.29, 0.717) is 0 Å². The average Bonchev–Trinajstić information content (AvgIpc) is 2.03. The summed E-state index contributed by atoms with van der Waals surface area (Å²) in [5.41, 5.74) is 0. The molecule has 0 aliphatic heterocycles. The Hall–Kier alpha value is -0.0136. The van der Waals surface area contributed by atoms with E-state index in [9.17, 15) is 14.4 Å². The minimum absolute atomic E-state index is 0. The van der Waals surface area contributed by atoms with Crippen LogP contribution in [0.15, 0.2) is 12.7 Å². The van der Waals surface area contributed by atoms with E-state index in [-0.39, 0.29) is 52.8 Å². The van der Waals surface area contributed by atoms with Crippen LogP contribution in [0.3, 0.4) is 0 Å². The summed E-state index contributed by atoms with van der Waals surface area (Å²) in [5, 5.41) is 0. The van der Waals surface area contributed by atoms with Gasteiger partial charge in [0.25, 0.3) is 0 Å². The van der Waals surface area contributed by atoms with Crippen molar-refractivity contribution < 1.29 is 76.7 Å². The van der Waals surface area contributed by atoms with Crippen LogP contribution >= 0.6 is 0 Å². The Bertz CT molecular complexity index is 228. The third-order valence-electron chi connectivity index (χ3n) is 0.897. The summed E-state index contributed by atoms with van der Waals surface area (Å²) >= 11 is 0. The predicted octanol–water partition coefficient (Wildman–Crippen LogP) is -3.08. The summed E-state index contributed by atoms with van der Waals surface area (Å²) < 4.78 is 8.23. The van der Waals surface area contributed by atoms with Crippen molar-refractivity contribution in [3.8, 4) is 0 Å². The second-order valence-corrected chi connectivity index (χ2v) is 1.75. The van der Waals surface area contributed by atoms with Crippen LogP contribution in [-0.4, -0.2) is 25.0 Å². The van der Waals surface area contributed by atoms with Gasteiger partial charge in [-0.15, -0.1) is 0 Å². The molecule has 5 nitrogen and oxygen atoms in total. The molecule has 0 fully saturated rings. The summed E-state index contributed by atoms with van der Waals surface area (Å²) in [5.74, 6) is -2.59. The van der Waals surface area contributed by atoms with Gasteiger partial charge in [-0.1, -0.05) is 6.58 Å². The Morgan fingerprint density at radius 3 is 2.31 bits per heavy atom. The van der Waals surface area contributed by atoms with E-state index in [1.807, 2.05) is 0 Å². The Labute approximate surface area is 119 Å². The fourth-order valence-electron chi connectivity index (χ4n) is 0.380. The van der Waals surface area contributed by atoms with Crippen molar-refractivity contribution in [1.29, 1.82) is 0 Å². The van der Waals surface area contributed by atoms with Gasteiger partial charge in [-0.3, -0.25) is 9.59 Å². The minimum Gasteiger partial charge on any atom is -1.00 e. The van der Waals surface area contributed by atoms with E-state index in [4.69, 9.17) is 0 Å². The fraction of sp³-hybridized carbons (Fsp3) is 0.286. The zero-order chi connectivity index (χ0) is 9.56. The number of esters is 3. The Morgan fingerprint density at radius 2 is 1.92 bits per heavy atom. The van der Waals surface area contributed by atoms with Gasteiger partial charge in [-0.25, -0.2) is 4.79 Å². The molecule has 68 valence electrons. The first-order valence-electron chi connectivity index (χ1n) is 3.04. The smallest absolute Gasteiger partial charge is 1.00 e. The van der Waals surface area contributed by atoms with E-state index in [0.717, 1.165) is 13.2 Å². The molecule has 0 rings (SSSR count). The predicted molar refractivity (Wildman–Crippen MR) is 39.0 cm³/mol. The van der Waals surface area contributed by atoms with Gasteiger partial charge in [-0.05, 0) is 0 Å². The van der Waals surface area contributed by atoms with Gasteiger partial charge in [0.2, 0.25) is 0 Å². The quantitative estimate of drug-likeness (QED) is 0.215. The zero-order valence-corrected chi connectivity index (χ0v) is 10.7. The zero-order valence-electron chi connectivity index (χ0n) is 8.53. The fourth-order valence-corrected chi connectivity index (χ4v) is 0.380. The Kier molecular flexibility index (Phi) is 10.2. The maximum atomic E-state index is 10.6. The molecule has 0 aliphatic rings. The second-order valence-electron chi connectivity index (χ2n) is 1.75. The molecule has 0 bridgehead atoms. The summed E-state index contributed by atoms with van der Waals surface area (Å²) in [6, 6.07) is 0. The molecular formula is C7H9KO5. The molecule has 0 radical (unpaired) electrons. The van der Waals surface area contributed by atoms with Crippen LogP contribution in [0.5, 0.6) is 0 Å². The van der Waals surface area contributed by atoms with Crippen molar-refractivity contribution in [1.82, 2.24) is 0 Å². The monoisotopic (exact) mass is 212 g/mol. The van der Waals surface area contributed by atoms with Crippen molar-refractivity contribution in [3.63, 3.8) is 0 Å². The summed E-state index contributed by atoms with van der Waals surface area (Å²) in [6.07, 6.45) is 0.255. The summed E-state index contributed by atoms with van der Waals surface area (Å²) in [6.45, 7) is 3.07. The number of methoxy groups -OCH3 is 1. The molecular weight excluding hydrogens is 203 g/mol. The number of hydrogen-bond acceptors (Lipinski definition) is 5. The van der Waals surface area contributed by atoms with Crippen LogP contribution in [0, 0.1) is 0 Å². The summed E-state index contributed by atoms with van der Waals surface area (Å²) in [4.78, 5) is 31.4. The number of rotatable bonds is 3. The molecule has 0 aromatic rings. The first kappa shape index (κ1) is 15.5. The van der Waals surface area contributed by atoms with Crippen molar-refractivity contribution in [2.45, 2.75) is 6.42 Å². The van der Waals surface area contributed by atoms with Gasteiger partial charge >= 0.3 is 69.3 Å². The SMILES string of the molecule is C=CC(=O)OC(=O)CC(=O)OC.[H-].[K+]. The third kappa shape index (κ3) is 8.32. The van der Waals surface area contributed by atoms with Crippen LogP contribution in [0.25, 0.3) is 0 Å². The molecule has 0 unspecified atom stereocenters. The Balaban J connectivity index is -0.000000605. The molecule has 0 amide bonds. The maximum absolute atomic E-state index is 10.6. The molecule has 0 saturated heterocycles. The van der Waals surface area contributed by atoms with Crippen molar-refractivity contribution in [2.75, 3.05) is 7.11 Å². The first-order valence-corrected chi connectivity index (χ1v) is 3.04. The first-order chi connectivity index (χ1) is 5.60. The molecule has 0 N–H and O–H groups in total. The standard InChI is InChI=1S/C7H8O5.K.H/c1-3-5(8)12-7(10)4-6(9)11-2;;/h3H,1,4H2,2H3;;/q;+1;-1. The number of carbonyl (C=O) groups excluding carboxylic acids is 3. The maximum Gasteiger partial charge on any atom is 1.00 e. The van der Waals surface area contributed by atoms with E-state index in [2.05, 4.69) is 16.1 Å². The minimum atomic E-state index is -0.952. The number of ether oxygens (including phenoxy) is 2. The largest absolute Gasteiger partial charge is 1.00 e. The molecule has 0 saturated carbocycles. The van der Waals surface area contributed by atoms with Gasteiger partial charge in [0.05, 0.1) is 7.11 Å². The van der Waals surface area contributed by atoms with Gasteiger partial charge in [-0.2, -0.15) is 0 Å². The van der Waals surface area contributed by atoms with E-state index < -0.39 is 24.3 Å². The molecule has 6 heteroatoms. The Morgan fingerprint density at radius 1 is 1.38 bits per heavy atom. The van der Waals surface area contributed by atoms with Gasteiger partial charge in [0, 0.05) is 6.08 Å². The summed E-state index contributed by atoms with van der Waals surface area (Å²) in [7, 11) is 1.13. The van der Waals surface area contributed by atoms with Crippen LogP contribution in [0.2, 0.25) is 0 Å². The van der Waals surface area contributed by atoms with Gasteiger partial charge in [0.1, 0.15) is 6.42 Å². The van der Waals surface area contributed by atoms with Crippen LogP contribution in [-0.2, 0) is 23.9 Å². The normalized spacial score (nSPS) is 7.77. The van der Waals surface area contributed by atoms with E-state index in [1.54, 1.807) is 0 Å². The average molecular weight is 212 g/mol.